The minimum atomic E-state index is 0.423. The SMILES string of the molecule is CNCc1cccc(N2CCC(OC)CC2)n1. The average Bonchev–Trinajstić information content (AvgIpc) is 2.40. The first kappa shape index (κ1) is 12.3. The van der Waals surface area contributed by atoms with Gasteiger partial charge in [-0.05, 0) is 32.0 Å². The predicted molar refractivity (Wildman–Crippen MR) is 69.2 cm³/mol. The Morgan fingerprint density at radius 1 is 1.41 bits per heavy atom. The zero-order valence-corrected chi connectivity index (χ0v) is 10.6. The van der Waals surface area contributed by atoms with E-state index in [9.17, 15) is 0 Å². The molecule has 1 aromatic rings. The second kappa shape index (κ2) is 5.98. The van der Waals surface area contributed by atoms with Crippen LogP contribution in [0.15, 0.2) is 18.2 Å². The quantitative estimate of drug-likeness (QED) is 0.856. The summed E-state index contributed by atoms with van der Waals surface area (Å²) in [7, 11) is 3.74. The molecule has 0 bridgehead atoms. The molecule has 0 atom stereocenters. The van der Waals surface area contributed by atoms with Gasteiger partial charge in [-0.15, -0.1) is 0 Å². The van der Waals surface area contributed by atoms with Gasteiger partial charge in [0.25, 0.3) is 0 Å². The maximum Gasteiger partial charge on any atom is 0.128 e. The van der Waals surface area contributed by atoms with Gasteiger partial charge in [0.2, 0.25) is 0 Å². The molecule has 94 valence electrons. The lowest BCUT2D eigenvalue weighted by molar-refractivity contribution is 0.0818. The summed E-state index contributed by atoms with van der Waals surface area (Å²) in [5, 5.41) is 3.13. The van der Waals surface area contributed by atoms with Crippen LogP contribution in [0.5, 0.6) is 0 Å². The molecule has 0 amide bonds. The number of methoxy groups -OCH3 is 1. The predicted octanol–water partition coefficient (Wildman–Crippen LogP) is 1.42. The summed E-state index contributed by atoms with van der Waals surface area (Å²) in [6.45, 7) is 2.89. The van der Waals surface area contributed by atoms with Gasteiger partial charge in [0.05, 0.1) is 11.8 Å². The number of hydrogen-bond donors (Lipinski definition) is 1. The molecule has 4 nitrogen and oxygen atoms in total. The number of anilines is 1. The van der Waals surface area contributed by atoms with Crippen molar-refractivity contribution in [3.05, 3.63) is 23.9 Å². The summed E-state index contributed by atoms with van der Waals surface area (Å²) in [6, 6.07) is 6.23. The Hall–Kier alpha value is -1.13. The van der Waals surface area contributed by atoms with Crippen molar-refractivity contribution in [3.63, 3.8) is 0 Å². The van der Waals surface area contributed by atoms with E-state index < -0.39 is 0 Å². The van der Waals surface area contributed by atoms with Crippen molar-refractivity contribution in [3.8, 4) is 0 Å². The smallest absolute Gasteiger partial charge is 0.128 e. The van der Waals surface area contributed by atoms with E-state index in [4.69, 9.17) is 4.74 Å². The van der Waals surface area contributed by atoms with Crippen molar-refractivity contribution >= 4 is 5.82 Å². The highest BCUT2D eigenvalue weighted by Crippen LogP contribution is 2.19. The van der Waals surface area contributed by atoms with Crippen LogP contribution < -0.4 is 10.2 Å². The molecule has 1 aliphatic heterocycles. The second-order valence-electron chi connectivity index (χ2n) is 4.44. The first-order valence-corrected chi connectivity index (χ1v) is 6.21. The zero-order valence-electron chi connectivity index (χ0n) is 10.6. The van der Waals surface area contributed by atoms with Crippen LogP contribution in [0.2, 0.25) is 0 Å². The van der Waals surface area contributed by atoms with Crippen molar-refractivity contribution in [1.82, 2.24) is 10.3 Å². The summed E-state index contributed by atoms with van der Waals surface area (Å²) in [6.07, 6.45) is 2.61. The molecule has 0 radical (unpaired) electrons. The van der Waals surface area contributed by atoms with Crippen LogP contribution in [0.25, 0.3) is 0 Å². The van der Waals surface area contributed by atoms with E-state index >= 15 is 0 Å². The van der Waals surface area contributed by atoms with Crippen molar-refractivity contribution in [2.45, 2.75) is 25.5 Å². The molecule has 4 heteroatoms. The van der Waals surface area contributed by atoms with E-state index in [1.807, 2.05) is 7.05 Å². The maximum atomic E-state index is 5.38. The second-order valence-corrected chi connectivity index (χ2v) is 4.44. The van der Waals surface area contributed by atoms with Gasteiger partial charge < -0.3 is 15.0 Å². The summed E-state index contributed by atoms with van der Waals surface area (Å²) in [5.74, 6) is 1.09. The fourth-order valence-electron chi connectivity index (χ4n) is 2.24. The van der Waals surface area contributed by atoms with Crippen LogP contribution in [0.1, 0.15) is 18.5 Å². The molecule has 0 spiro atoms. The van der Waals surface area contributed by atoms with Gasteiger partial charge in [0.1, 0.15) is 5.82 Å². The third-order valence-corrected chi connectivity index (χ3v) is 3.25. The molecular formula is C13H21N3O. The highest BCUT2D eigenvalue weighted by molar-refractivity contribution is 5.39. The first-order valence-electron chi connectivity index (χ1n) is 6.21. The third-order valence-electron chi connectivity index (χ3n) is 3.25. The fraction of sp³-hybridized carbons (Fsp3) is 0.615. The Labute approximate surface area is 103 Å². The number of pyridine rings is 1. The highest BCUT2D eigenvalue weighted by Gasteiger charge is 2.19. The van der Waals surface area contributed by atoms with Gasteiger partial charge in [-0.2, -0.15) is 0 Å². The zero-order chi connectivity index (χ0) is 12.1. The van der Waals surface area contributed by atoms with E-state index in [1.54, 1.807) is 7.11 Å². The monoisotopic (exact) mass is 235 g/mol. The number of piperidine rings is 1. The maximum absolute atomic E-state index is 5.38. The van der Waals surface area contributed by atoms with Crippen molar-refractivity contribution in [2.24, 2.45) is 0 Å². The molecule has 0 aromatic carbocycles. The molecule has 1 N–H and O–H groups in total. The Kier molecular flexibility index (Phi) is 4.34. The standard InChI is InChI=1S/C13H21N3O/c1-14-10-11-4-3-5-13(15-11)16-8-6-12(17-2)7-9-16/h3-5,12,14H,6-10H2,1-2H3. The summed E-state index contributed by atoms with van der Waals surface area (Å²) in [4.78, 5) is 7.00. The number of nitrogens with zero attached hydrogens (tertiary/aromatic N) is 2. The Morgan fingerprint density at radius 3 is 2.82 bits per heavy atom. The molecule has 2 heterocycles. The topological polar surface area (TPSA) is 37.4 Å². The van der Waals surface area contributed by atoms with Gasteiger partial charge >= 0.3 is 0 Å². The van der Waals surface area contributed by atoms with Crippen LogP contribution in [0, 0.1) is 0 Å². The minimum absolute atomic E-state index is 0.423. The van der Waals surface area contributed by atoms with E-state index in [0.717, 1.165) is 44.0 Å². The Bertz CT molecular complexity index is 348. The van der Waals surface area contributed by atoms with E-state index in [-0.39, 0.29) is 0 Å². The molecule has 2 rings (SSSR count). The Morgan fingerprint density at radius 2 is 2.18 bits per heavy atom. The molecule has 1 aliphatic rings. The Balaban J connectivity index is 2.00. The van der Waals surface area contributed by atoms with Crippen molar-refractivity contribution < 1.29 is 4.74 Å². The van der Waals surface area contributed by atoms with Crippen molar-refractivity contribution in [1.29, 1.82) is 0 Å². The third kappa shape index (κ3) is 3.17. The minimum Gasteiger partial charge on any atom is -0.381 e. The number of aromatic nitrogens is 1. The molecule has 1 fully saturated rings. The van der Waals surface area contributed by atoms with Crippen LogP contribution in [-0.2, 0) is 11.3 Å². The van der Waals surface area contributed by atoms with E-state index in [1.165, 1.54) is 0 Å². The van der Waals surface area contributed by atoms with Gasteiger partial charge in [0.15, 0.2) is 0 Å². The molecule has 1 aromatic heterocycles. The van der Waals surface area contributed by atoms with Crippen LogP contribution in [0.4, 0.5) is 5.82 Å². The van der Waals surface area contributed by atoms with Crippen LogP contribution in [-0.4, -0.2) is 38.3 Å². The largest absolute Gasteiger partial charge is 0.381 e. The van der Waals surface area contributed by atoms with E-state index in [0.29, 0.717) is 6.10 Å². The van der Waals surface area contributed by atoms with Crippen molar-refractivity contribution in [2.75, 3.05) is 32.1 Å². The lowest BCUT2D eigenvalue weighted by atomic mass is 10.1. The number of ether oxygens (including phenoxy) is 1. The molecule has 1 saturated heterocycles. The molecule has 0 aliphatic carbocycles. The summed E-state index contributed by atoms with van der Waals surface area (Å²) >= 11 is 0. The molecule has 17 heavy (non-hydrogen) atoms. The lowest BCUT2D eigenvalue weighted by Gasteiger charge is -2.32. The van der Waals surface area contributed by atoms with Crippen LogP contribution in [0.3, 0.4) is 0 Å². The fourth-order valence-corrected chi connectivity index (χ4v) is 2.24. The summed E-state index contributed by atoms with van der Waals surface area (Å²) in [5.41, 5.74) is 1.10. The average molecular weight is 235 g/mol. The van der Waals surface area contributed by atoms with Gasteiger partial charge in [-0.3, -0.25) is 0 Å². The van der Waals surface area contributed by atoms with Crippen LogP contribution >= 0.6 is 0 Å². The summed E-state index contributed by atoms with van der Waals surface area (Å²) < 4.78 is 5.38. The normalized spacial score (nSPS) is 17.4. The first-order chi connectivity index (χ1) is 8.33. The van der Waals surface area contributed by atoms with E-state index in [2.05, 4.69) is 33.4 Å². The highest BCUT2D eigenvalue weighted by atomic mass is 16.5. The number of rotatable bonds is 4. The van der Waals surface area contributed by atoms with Gasteiger partial charge in [-0.1, -0.05) is 6.07 Å². The molecular weight excluding hydrogens is 214 g/mol. The lowest BCUT2D eigenvalue weighted by Crippen LogP contribution is -2.37. The number of hydrogen-bond acceptors (Lipinski definition) is 4. The molecule has 0 saturated carbocycles. The van der Waals surface area contributed by atoms with Gasteiger partial charge in [-0.25, -0.2) is 4.98 Å². The molecule has 0 unspecified atom stereocenters. The number of nitrogens with one attached hydrogen (secondary N) is 1. The van der Waals surface area contributed by atoms with Gasteiger partial charge in [0, 0.05) is 26.7 Å².